The van der Waals surface area contributed by atoms with Crippen molar-refractivity contribution in [1.29, 1.82) is 0 Å². The molecular formula is C15H24ClNO. The quantitative estimate of drug-likeness (QED) is 0.705. The van der Waals surface area contributed by atoms with Crippen molar-refractivity contribution in [3.63, 3.8) is 0 Å². The number of hydrogen-bond donors (Lipinski definition) is 0. The van der Waals surface area contributed by atoms with Gasteiger partial charge >= 0.3 is 0 Å². The lowest BCUT2D eigenvalue weighted by Gasteiger charge is -2.44. The summed E-state index contributed by atoms with van der Waals surface area (Å²) in [6.07, 6.45) is 9.22. The van der Waals surface area contributed by atoms with Gasteiger partial charge in [-0.1, -0.05) is 25.7 Å². The van der Waals surface area contributed by atoms with Gasteiger partial charge in [0.05, 0.1) is 0 Å². The number of halogens is 1. The van der Waals surface area contributed by atoms with Crippen LogP contribution in [0.1, 0.15) is 44.9 Å². The molecule has 3 fully saturated rings. The maximum atomic E-state index is 12.4. The summed E-state index contributed by atoms with van der Waals surface area (Å²) in [5, 5.41) is 0. The topological polar surface area (TPSA) is 20.3 Å². The average Bonchev–Trinajstić information content (AvgIpc) is 2.37. The second-order valence-corrected chi connectivity index (χ2v) is 6.89. The Morgan fingerprint density at radius 2 is 1.78 bits per heavy atom. The molecule has 1 aliphatic heterocycles. The van der Waals surface area contributed by atoms with Crippen molar-refractivity contribution < 1.29 is 4.79 Å². The van der Waals surface area contributed by atoms with E-state index < -0.39 is 0 Å². The van der Waals surface area contributed by atoms with Crippen molar-refractivity contribution >= 4 is 17.5 Å². The molecule has 1 saturated heterocycles. The zero-order chi connectivity index (χ0) is 12.5. The van der Waals surface area contributed by atoms with Crippen molar-refractivity contribution in [2.45, 2.75) is 44.9 Å². The average molecular weight is 270 g/mol. The third kappa shape index (κ3) is 2.41. The fourth-order valence-corrected chi connectivity index (χ4v) is 4.40. The standard InChI is InChI=1S/C15H24ClNO/c16-8-11-9-17(10-11)15(18)14-6-5-12-3-1-2-4-13(12)7-14/h11-14H,1-10H2. The third-order valence-electron chi connectivity index (χ3n) is 5.38. The Labute approximate surface area is 115 Å². The first-order valence-corrected chi connectivity index (χ1v) is 8.16. The Morgan fingerprint density at radius 1 is 1.06 bits per heavy atom. The van der Waals surface area contributed by atoms with E-state index in [1.54, 1.807) is 0 Å². The molecule has 0 N–H and O–H groups in total. The Bertz CT molecular complexity index is 314. The van der Waals surface area contributed by atoms with Crippen LogP contribution in [0.15, 0.2) is 0 Å². The van der Waals surface area contributed by atoms with Crippen molar-refractivity contribution in [3.05, 3.63) is 0 Å². The molecule has 3 rings (SSSR count). The van der Waals surface area contributed by atoms with Crippen LogP contribution in [0.2, 0.25) is 0 Å². The highest BCUT2D eigenvalue weighted by Crippen LogP contribution is 2.43. The zero-order valence-corrected chi connectivity index (χ0v) is 11.9. The number of hydrogen-bond acceptors (Lipinski definition) is 1. The summed E-state index contributed by atoms with van der Waals surface area (Å²) in [7, 11) is 0. The van der Waals surface area contributed by atoms with Gasteiger partial charge in [0, 0.05) is 30.8 Å². The van der Waals surface area contributed by atoms with Crippen LogP contribution in [0.5, 0.6) is 0 Å². The normalized spacial score (nSPS) is 36.9. The molecule has 3 aliphatic rings. The van der Waals surface area contributed by atoms with Gasteiger partial charge in [0.2, 0.25) is 5.91 Å². The molecule has 1 heterocycles. The number of carbonyl (C=O) groups excluding carboxylic acids is 1. The zero-order valence-electron chi connectivity index (χ0n) is 11.1. The molecule has 0 aromatic heterocycles. The molecule has 0 radical (unpaired) electrons. The van der Waals surface area contributed by atoms with E-state index in [2.05, 4.69) is 0 Å². The van der Waals surface area contributed by atoms with Gasteiger partial charge in [-0.3, -0.25) is 4.79 Å². The summed E-state index contributed by atoms with van der Waals surface area (Å²) in [5.74, 6) is 3.82. The Morgan fingerprint density at radius 3 is 2.50 bits per heavy atom. The lowest BCUT2D eigenvalue weighted by molar-refractivity contribution is -0.143. The molecule has 18 heavy (non-hydrogen) atoms. The fourth-order valence-electron chi connectivity index (χ4n) is 4.20. The predicted molar refractivity (Wildman–Crippen MR) is 73.6 cm³/mol. The number of likely N-dealkylation sites (tertiary alicyclic amines) is 1. The molecule has 0 aromatic rings. The summed E-state index contributed by atoms with van der Waals surface area (Å²) < 4.78 is 0. The van der Waals surface area contributed by atoms with Gasteiger partial charge in [0.15, 0.2) is 0 Å². The first kappa shape index (κ1) is 12.8. The largest absolute Gasteiger partial charge is 0.342 e. The van der Waals surface area contributed by atoms with Crippen LogP contribution in [-0.2, 0) is 4.79 Å². The van der Waals surface area contributed by atoms with E-state index in [-0.39, 0.29) is 0 Å². The molecule has 1 amide bonds. The van der Waals surface area contributed by atoms with Gasteiger partial charge < -0.3 is 4.90 Å². The molecule has 2 nitrogen and oxygen atoms in total. The summed E-state index contributed by atoms with van der Waals surface area (Å²) in [6.45, 7) is 1.82. The van der Waals surface area contributed by atoms with Gasteiger partial charge in [0.1, 0.15) is 0 Å². The minimum absolute atomic E-state index is 0.334. The minimum atomic E-state index is 0.334. The van der Waals surface area contributed by atoms with E-state index in [1.165, 1.54) is 38.5 Å². The summed E-state index contributed by atoms with van der Waals surface area (Å²) in [6, 6.07) is 0. The second kappa shape index (κ2) is 5.40. The van der Waals surface area contributed by atoms with Crippen LogP contribution in [0.3, 0.4) is 0 Å². The fraction of sp³-hybridized carbons (Fsp3) is 0.933. The van der Waals surface area contributed by atoms with Gasteiger partial charge in [-0.05, 0) is 31.1 Å². The van der Waals surface area contributed by atoms with Crippen LogP contribution < -0.4 is 0 Å². The lowest BCUT2D eigenvalue weighted by atomic mass is 9.67. The predicted octanol–water partition coefficient (Wildman–Crippen LogP) is 3.29. The van der Waals surface area contributed by atoms with E-state index in [0.29, 0.717) is 23.6 Å². The molecule has 0 spiro atoms. The van der Waals surface area contributed by atoms with Gasteiger partial charge in [0.25, 0.3) is 0 Å². The number of carbonyl (C=O) groups is 1. The van der Waals surface area contributed by atoms with Crippen LogP contribution >= 0.6 is 11.6 Å². The molecule has 2 aliphatic carbocycles. The van der Waals surface area contributed by atoms with Crippen molar-refractivity contribution in [2.75, 3.05) is 19.0 Å². The maximum Gasteiger partial charge on any atom is 0.225 e. The molecule has 3 atom stereocenters. The van der Waals surface area contributed by atoms with Gasteiger partial charge in [-0.25, -0.2) is 0 Å². The van der Waals surface area contributed by atoms with Crippen molar-refractivity contribution in [3.8, 4) is 0 Å². The first-order chi connectivity index (χ1) is 8.78. The van der Waals surface area contributed by atoms with Crippen LogP contribution in [-0.4, -0.2) is 29.8 Å². The Balaban J connectivity index is 1.53. The Kier molecular flexibility index (Phi) is 3.83. The molecule has 0 aromatic carbocycles. The summed E-state index contributed by atoms with van der Waals surface area (Å²) in [5.41, 5.74) is 0. The van der Waals surface area contributed by atoms with Crippen LogP contribution in [0, 0.1) is 23.7 Å². The SMILES string of the molecule is O=C(C1CCC2CCCCC2C1)N1CC(CCl)C1. The Hall–Kier alpha value is -0.240. The first-order valence-electron chi connectivity index (χ1n) is 7.62. The van der Waals surface area contributed by atoms with E-state index in [9.17, 15) is 4.79 Å². The van der Waals surface area contributed by atoms with E-state index in [4.69, 9.17) is 11.6 Å². The van der Waals surface area contributed by atoms with E-state index in [0.717, 1.165) is 31.3 Å². The number of nitrogens with zero attached hydrogens (tertiary/aromatic N) is 1. The van der Waals surface area contributed by atoms with Crippen molar-refractivity contribution in [2.24, 2.45) is 23.7 Å². The minimum Gasteiger partial charge on any atom is -0.342 e. The second-order valence-electron chi connectivity index (χ2n) is 6.58. The maximum absolute atomic E-state index is 12.4. The number of amides is 1. The molecule has 2 saturated carbocycles. The number of rotatable bonds is 2. The van der Waals surface area contributed by atoms with Gasteiger partial charge in [-0.15, -0.1) is 11.6 Å². The summed E-state index contributed by atoms with van der Waals surface area (Å²) >= 11 is 5.81. The number of alkyl halides is 1. The van der Waals surface area contributed by atoms with Gasteiger partial charge in [-0.2, -0.15) is 0 Å². The lowest BCUT2D eigenvalue weighted by Crippen LogP contribution is -2.53. The molecule has 102 valence electrons. The molecule has 0 bridgehead atoms. The van der Waals surface area contributed by atoms with Crippen LogP contribution in [0.25, 0.3) is 0 Å². The highest BCUT2D eigenvalue weighted by Gasteiger charge is 2.39. The summed E-state index contributed by atoms with van der Waals surface area (Å²) in [4.78, 5) is 14.4. The monoisotopic (exact) mass is 269 g/mol. The highest BCUT2D eigenvalue weighted by molar-refractivity contribution is 6.18. The molecular weight excluding hydrogens is 246 g/mol. The molecule has 3 unspecified atom stereocenters. The smallest absolute Gasteiger partial charge is 0.225 e. The van der Waals surface area contributed by atoms with E-state index >= 15 is 0 Å². The highest BCUT2D eigenvalue weighted by atomic mass is 35.5. The van der Waals surface area contributed by atoms with E-state index in [1.807, 2.05) is 4.90 Å². The molecule has 3 heteroatoms. The third-order valence-corrected chi connectivity index (χ3v) is 5.81. The number of fused-ring (bicyclic) bond motifs is 1. The van der Waals surface area contributed by atoms with Crippen LogP contribution in [0.4, 0.5) is 0 Å². The van der Waals surface area contributed by atoms with Crippen molar-refractivity contribution in [1.82, 2.24) is 4.90 Å².